The minimum absolute atomic E-state index is 0.601. The summed E-state index contributed by atoms with van der Waals surface area (Å²) in [6, 6.07) is 0. The molecule has 0 aliphatic carbocycles. The van der Waals surface area contributed by atoms with Gasteiger partial charge in [0.2, 0.25) is 0 Å². The molecule has 6 heteroatoms. The Kier molecular flexibility index (Phi) is 11.9. The molecule has 1 aliphatic heterocycles. The Labute approximate surface area is 163 Å². The van der Waals surface area contributed by atoms with Crippen molar-refractivity contribution >= 4 is 0 Å². The molecule has 1 heterocycles. The molecule has 1 saturated heterocycles. The van der Waals surface area contributed by atoms with E-state index in [1.54, 1.807) is 0 Å². The molecule has 0 aromatic heterocycles. The molecule has 0 radical (unpaired) electrons. The molecule has 1 aliphatic rings. The van der Waals surface area contributed by atoms with Gasteiger partial charge in [0.05, 0.1) is 19.5 Å². The number of hydrogen-bond donors (Lipinski definition) is 0. The second-order valence-corrected chi connectivity index (χ2v) is 8.66. The van der Waals surface area contributed by atoms with Crippen molar-refractivity contribution in [2.75, 3.05) is 94.9 Å². The van der Waals surface area contributed by atoms with Crippen LogP contribution in [-0.4, -0.2) is 130 Å². The van der Waals surface area contributed by atoms with E-state index in [0.29, 0.717) is 6.17 Å². The van der Waals surface area contributed by atoms with Gasteiger partial charge < -0.3 is 14.7 Å². The molecular formula is C20H46N6. The number of hydrogen-bond acceptors (Lipinski definition) is 6. The average molecular weight is 371 g/mol. The standard InChI is InChI=1S/C20H46N6/c1-8-20-25(16-10-13-22(4)5)18-24(15-9-12-21(2)3)19-26(20)17-11-14-23(6)7/h20H,8-19H2,1-7H3. The van der Waals surface area contributed by atoms with Crippen LogP contribution in [0.25, 0.3) is 0 Å². The van der Waals surface area contributed by atoms with Gasteiger partial charge in [-0.05, 0) is 87.6 Å². The third-order valence-corrected chi connectivity index (χ3v) is 5.15. The van der Waals surface area contributed by atoms with Crippen molar-refractivity contribution in [2.24, 2.45) is 0 Å². The van der Waals surface area contributed by atoms with Crippen LogP contribution in [0, 0.1) is 0 Å². The fourth-order valence-corrected chi connectivity index (χ4v) is 3.87. The summed E-state index contributed by atoms with van der Waals surface area (Å²) in [4.78, 5) is 15.0. The normalized spacial score (nSPS) is 18.7. The molecule has 0 bridgehead atoms. The molecule has 0 N–H and O–H groups in total. The summed E-state index contributed by atoms with van der Waals surface area (Å²) in [6.45, 7) is 11.7. The first-order valence-electron chi connectivity index (χ1n) is 10.5. The number of nitrogens with zero attached hydrogens (tertiary/aromatic N) is 6. The van der Waals surface area contributed by atoms with E-state index in [-0.39, 0.29) is 0 Å². The highest BCUT2D eigenvalue weighted by Gasteiger charge is 2.30. The molecule has 0 aromatic rings. The number of rotatable bonds is 13. The smallest absolute Gasteiger partial charge is 0.0641 e. The van der Waals surface area contributed by atoms with Crippen LogP contribution in [-0.2, 0) is 0 Å². The largest absolute Gasteiger partial charge is 0.309 e. The van der Waals surface area contributed by atoms with Crippen molar-refractivity contribution in [3.05, 3.63) is 0 Å². The summed E-state index contributed by atoms with van der Waals surface area (Å²) < 4.78 is 0. The molecule has 0 atom stereocenters. The Balaban J connectivity index is 2.63. The SMILES string of the molecule is CCC1N(CCCN(C)C)CN(CCCN(C)C)CN1CCCN(C)C. The average Bonchev–Trinajstić information content (AvgIpc) is 2.53. The molecule has 1 fully saturated rings. The lowest BCUT2D eigenvalue weighted by Gasteiger charge is -2.49. The first-order valence-corrected chi connectivity index (χ1v) is 10.5. The van der Waals surface area contributed by atoms with Crippen LogP contribution in [0.5, 0.6) is 0 Å². The van der Waals surface area contributed by atoms with Crippen molar-refractivity contribution in [1.29, 1.82) is 0 Å². The van der Waals surface area contributed by atoms with Crippen LogP contribution in [0.3, 0.4) is 0 Å². The van der Waals surface area contributed by atoms with Gasteiger partial charge in [-0.3, -0.25) is 14.7 Å². The topological polar surface area (TPSA) is 19.4 Å². The second-order valence-electron chi connectivity index (χ2n) is 8.66. The van der Waals surface area contributed by atoms with Crippen LogP contribution in [0.1, 0.15) is 32.6 Å². The molecule has 156 valence electrons. The van der Waals surface area contributed by atoms with E-state index in [1.165, 1.54) is 65.0 Å². The third-order valence-electron chi connectivity index (χ3n) is 5.15. The van der Waals surface area contributed by atoms with Crippen molar-refractivity contribution in [3.63, 3.8) is 0 Å². The minimum Gasteiger partial charge on any atom is -0.309 e. The van der Waals surface area contributed by atoms with Crippen molar-refractivity contribution in [1.82, 2.24) is 29.4 Å². The lowest BCUT2D eigenvalue weighted by Crippen LogP contribution is -2.61. The predicted octanol–water partition coefficient (Wildman–Crippen LogP) is 1.41. The first kappa shape index (κ1) is 23.8. The molecule has 26 heavy (non-hydrogen) atoms. The van der Waals surface area contributed by atoms with E-state index in [2.05, 4.69) is 78.6 Å². The zero-order valence-corrected chi connectivity index (χ0v) is 18.7. The van der Waals surface area contributed by atoms with E-state index >= 15 is 0 Å². The van der Waals surface area contributed by atoms with Crippen molar-refractivity contribution < 1.29 is 0 Å². The molecular weight excluding hydrogens is 324 g/mol. The van der Waals surface area contributed by atoms with Crippen LogP contribution in [0.15, 0.2) is 0 Å². The van der Waals surface area contributed by atoms with Gasteiger partial charge in [0, 0.05) is 19.6 Å². The highest BCUT2D eigenvalue weighted by Crippen LogP contribution is 2.19. The Morgan fingerprint density at radius 2 is 1.04 bits per heavy atom. The van der Waals surface area contributed by atoms with Gasteiger partial charge in [-0.15, -0.1) is 0 Å². The van der Waals surface area contributed by atoms with Crippen LogP contribution < -0.4 is 0 Å². The minimum atomic E-state index is 0.601. The Morgan fingerprint density at radius 1 is 0.654 bits per heavy atom. The van der Waals surface area contributed by atoms with Gasteiger partial charge in [0.15, 0.2) is 0 Å². The molecule has 0 amide bonds. The summed E-state index contributed by atoms with van der Waals surface area (Å²) in [7, 11) is 13.0. The fourth-order valence-electron chi connectivity index (χ4n) is 3.87. The van der Waals surface area contributed by atoms with Crippen molar-refractivity contribution in [2.45, 2.75) is 38.8 Å². The van der Waals surface area contributed by atoms with Gasteiger partial charge in [0.25, 0.3) is 0 Å². The van der Waals surface area contributed by atoms with Gasteiger partial charge >= 0.3 is 0 Å². The van der Waals surface area contributed by atoms with Crippen LogP contribution in [0.4, 0.5) is 0 Å². The quantitative estimate of drug-likeness (QED) is 0.485. The lowest BCUT2D eigenvalue weighted by atomic mass is 10.2. The van der Waals surface area contributed by atoms with Crippen LogP contribution >= 0.6 is 0 Å². The van der Waals surface area contributed by atoms with Gasteiger partial charge in [-0.25, -0.2) is 0 Å². The Hall–Kier alpha value is -0.240. The summed E-state index contributed by atoms with van der Waals surface area (Å²) in [6.07, 6.45) is 5.57. The maximum Gasteiger partial charge on any atom is 0.0641 e. The van der Waals surface area contributed by atoms with E-state index in [1.807, 2.05) is 0 Å². The van der Waals surface area contributed by atoms with E-state index < -0.39 is 0 Å². The predicted molar refractivity (Wildman–Crippen MR) is 113 cm³/mol. The van der Waals surface area contributed by atoms with Gasteiger partial charge in [0.1, 0.15) is 0 Å². The van der Waals surface area contributed by atoms with E-state index in [9.17, 15) is 0 Å². The molecule has 0 unspecified atom stereocenters. The maximum absolute atomic E-state index is 2.72. The molecule has 0 aromatic carbocycles. The summed E-state index contributed by atoms with van der Waals surface area (Å²) in [5, 5.41) is 0. The van der Waals surface area contributed by atoms with E-state index in [4.69, 9.17) is 0 Å². The second kappa shape index (κ2) is 13.0. The lowest BCUT2D eigenvalue weighted by molar-refractivity contribution is -0.0879. The Bertz CT molecular complexity index is 323. The van der Waals surface area contributed by atoms with E-state index in [0.717, 1.165) is 13.3 Å². The summed E-state index contributed by atoms with van der Waals surface area (Å²) in [5.41, 5.74) is 0. The molecule has 1 rings (SSSR count). The maximum atomic E-state index is 2.72. The zero-order chi connectivity index (χ0) is 19.5. The van der Waals surface area contributed by atoms with Crippen LogP contribution in [0.2, 0.25) is 0 Å². The van der Waals surface area contributed by atoms with Crippen molar-refractivity contribution in [3.8, 4) is 0 Å². The molecule has 0 spiro atoms. The molecule has 6 nitrogen and oxygen atoms in total. The van der Waals surface area contributed by atoms with Gasteiger partial charge in [-0.1, -0.05) is 6.92 Å². The monoisotopic (exact) mass is 370 g/mol. The third kappa shape index (κ3) is 9.62. The Morgan fingerprint density at radius 3 is 1.38 bits per heavy atom. The zero-order valence-electron chi connectivity index (χ0n) is 18.7. The highest BCUT2D eigenvalue weighted by atomic mass is 15.5. The van der Waals surface area contributed by atoms with Gasteiger partial charge in [-0.2, -0.15) is 0 Å². The fraction of sp³-hybridized carbons (Fsp3) is 1.00. The first-order chi connectivity index (χ1) is 12.3. The molecule has 0 saturated carbocycles. The summed E-state index contributed by atoms with van der Waals surface area (Å²) in [5.74, 6) is 0. The summed E-state index contributed by atoms with van der Waals surface area (Å²) >= 11 is 0. The highest BCUT2D eigenvalue weighted by molar-refractivity contribution is 4.79.